The van der Waals surface area contributed by atoms with Crippen molar-refractivity contribution in [3.63, 3.8) is 0 Å². The Morgan fingerprint density at radius 2 is 1.38 bits per heavy atom. The lowest BCUT2D eigenvalue weighted by Gasteiger charge is -2.38. The van der Waals surface area contributed by atoms with E-state index in [-0.39, 0.29) is 0 Å². The van der Waals surface area contributed by atoms with E-state index >= 15 is 0 Å². The Labute approximate surface area is 100 Å². The molecule has 1 aliphatic carbocycles. The van der Waals surface area contributed by atoms with Crippen LogP contribution in [-0.2, 0) is 0 Å². The van der Waals surface area contributed by atoms with Gasteiger partial charge in [-0.2, -0.15) is 0 Å². The van der Waals surface area contributed by atoms with E-state index in [1.54, 1.807) is 0 Å². The van der Waals surface area contributed by atoms with E-state index in [9.17, 15) is 0 Å². The number of aliphatic hydroxyl groups is 1. The Kier molecular flexibility index (Phi) is 5.11. The molecule has 0 radical (unpaired) electrons. The number of piperidine rings is 1. The number of nitrogens with zero attached hydrogens (tertiary/aromatic N) is 1. The van der Waals surface area contributed by atoms with Gasteiger partial charge in [-0.05, 0) is 44.7 Å². The van der Waals surface area contributed by atoms with E-state index < -0.39 is 0 Å². The second-order valence-corrected chi connectivity index (χ2v) is 5.66. The first-order valence-corrected chi connectivity index (χ1v) is 7.25. The van der Waals surface area contributed by atoms with Crippen LogP contribution in [-0.4, -0.2) is 35.7 Å². The lowest BCUT2D eigenvalue weighted by molar-refractivity contribution is 0.0884. The third-order valence-electron chi connectivity index (χ3n) is 4.50. The Bertz CT molecular complexity index is 179. The topological polar surface area (TPSA) is 23.5 Å². The molecule has 1 heterocycles. The first-order chi connectivity index (χ1) is 7.90. The van der Waals surface area contributed by atoms with Crippen LogP contribution >= 0.6 is 0 Å². The zero-order valence-corrected chi connectivity index (χ0v) is 10.5. The normalized spacial score (nSPS) is 27.6. The molecule has 2 fully saturated rings. The van der Waals surface area contributed by atoms with Gasteiger partial charge < -0.3 is 10.0 Å². The van der Waals surface area contributed by atoms with Crippen molar-refractivity contribution in [2.24, 2.45) is 5.92 Å². The summed E-state index contributed by atoms with van der Waals surface area (Å²) in [5.74, 6) is 0.588. The number of hydrogen-bond acceptors (Lipinski definition) is 2. The summed E-state index contributed by atoms with van der Waals surface area (Å²) in [7, 11) is 0. The van der Waals surface area contributed by atoms with Crippen molar-refractivity contribution in [3.05, 3.63) is 0 Å². The summed E-state index contributed by atoms with van der Waals surface area (Å²) < 4.78 is 0. The molecule has 0 aromatic rings. The number of hydrogen-bond donors (Lipinski definition) is 1. The van der Waals surface area contributed by atoms with Crippen LogP contribution < -0.4 is 0 Å². The van der Waals surface area contributed by atoms with Crippen LogP contribution in [0.25, 0.3) is 0 Å². The molecular formula is C14H27NO. The Balaban J connectivity index is 1.77. The van der Waals surface area contributed by atoms with Crippen LogP contribution in [0.4, 0.5) is 0 Å². The number of rotatable bonds is 2. The van der Waals surface area contributed by atoms with Crippen molar-refractivity contribution >= 4 is 0 Å². The van der Waals surface area contributed by atoms with Gasteiger partial charge in [0.15, 0.2) is 0 Å². The number of likely N-dealkylation sites (tertiary alicyclic amines) is 1. The highest BCUT2D eigenvalue weighted by Crippen LogP contribution is 2.25. The Hall–Kier alpha value is -0.0800. The molecule has 1 saturated heterocycles. The largest absolute Gasteiger partial charge is 0.396 e. The second-order valence-electron chi connectivity index (χ2n) is 5.66. The van der Waals surface area contributed by atoms with Crippen molar-refractivity contribution in [1.82, 2.24) is 4.90 Å². The summed E-state index contributed by atoms with van der Waals surface area (Å²) in [5.41, 5.74) is 0. The minimum Gasteiger partial charge on any atom is -0.396 e. The molecule has 0 atom stereocenters. The van der Waals surface area contributed by atoms with Gasteiger partial charge in [0.25, 0.3) is 0 Å². The second kappa shape index (κ2) is 6.61. The predicted molar refractivity (Wildman–Crippen MR) is 67.5 cm³/mol. The summed E-state index contributed by atoms with van der Waals surface area (Å²) in [4.78, 5) is 2.71. The van der Waals surface area contributed by atoms with Crippen LogP contribution in [0.2, 0.25) is 0 Å². The zero-order valence-electron chi connectivity index (χ0n) is 10.5. The molecule has 0 amide bonds. The van der Waals surface area contributed by atoms with E-state index in [1.165, 1.54) is 70.9 Å². The first-order valence-electron chi connectivity index (χ1n) is 7.25. The van der Waals surface area contributed by atoms with E-state index in [0.717, 1.165) is 6.04 Å². The average Bonchev–Trinajstić information content (AvgIpc) is 2.29. The molecule has 0 aromatic heterocycles. The molecule has 2 nitrogen and oxygen atoms in total. The lowest BCUT2D eigenvalue weighted by atomic mass is 9.91. The fraction of sp³-hybridized carbons (Fsp3) is 1.00. The molecule has 2 heteroatoms. The van der Waals surface area contributed by atoms with Gasteiger partial charge in [0.05, 0.1) is 0 Å². The van der Waals surface area contributed by atoms with E-state index in [1.807, 2.05) is 0 Å². The molecule has 0 bridgehead atoms. The molecule has 0 spiro atoms. The van der Waals surface area contributed by atoms with Gasteiger partial charge in [-0.1, -0.05) is 32.1 Å². The summed E-state index contributed by atoms with van der Waals surface area (Å²) in [6, 6.07) is 0.861. The fourth-order valence-electron chi connectivity index (χ4n) is 3.30. The number of aliphatic hydroxyl groups excluding tert-OH is 1. The Morgan fingerprint density at radius 1 is 0.812 bits per heavy atom. The monoisotopic (exact) mass is 225 g/mol. The first kappa shape index (κ1) is 12.4. The van der Waals surface area contributed by atoms with Crippen LogP contribution in [0.15, 0.2) is 0 Å². The van der Waals surface area contributed by atoms with Crippen molar-refractivity contribution in [2.75, 3.05) is 19.7 Å². The Morgan fingerprint density at radius 3 is 1.94 bits per heavy atom. The van der Waals surface area contributed by atoms with Crippen LogP contribution in [0, 0.1) is 5.92 Å². The maximum Gasteiger partial charge on any atom is 0.0460 e. The average molecular weight is 225 g/mol. The zero-order chi connectivity index (χ0) is 11.2. The SMILES string of the molecule is OCC1CCN(C2CCCCCCC2)CC1. The minimum absolute atomic E-state index is 0.401. The van der Waals surface area contributed by atoms with Gasteiger partial charge in [-0.15, -0.1) is 0 Å². The predicted octanol–water partition coefficient (Wildman–Crippen LogP) is 2.80. The van der Waals surface area contributed by atoms with E-state index in [0.29, 0.717) is 12.5 Å². The van der Waals surface area contributed by atoms with Crippen LogP contribution in [0.5, 0.6) is 0 Å². The highest BCUT2D eigenvalue weighted by atomic mass is 16.3. The molecule has 1 aliphatic heterocycles. The van der Waals surface area contributed by atoms with Crippen molar-refractivity contribution in [1.29, 1.82) is 0 Å². The smallest absolute Gasteiger partial charge is 0.0460 e. The molecular weight excluding hydrogens is 198 g/mol. The van der Waals surface area contributed by atoms with Gasteiger partial charge in [-0.3, -0.25) is 0 Å². The van der Waals surface area contributed by atoms with Crippen molar-refractivity contribution < 1.29 is 5.11 Å². The maximum atomic E-state index is 9.15. The molecule has 0 unspecified atom stereocenters. The fourth-order valence-corrected chi connectivity index (χ4v) is 3.30. The lowest BCUT2D eigenvalue weighted by Crippen LogP contribution is -2.42. The molecule has 2 aliphatic rings. The maximum absolute atomic E-state index is 9.15. The summed E-state index contributed by atoms with van der Waals surface area (Å²) in [5, 5.41) is 9.15. The molecule has 1 N–H and O–H groups in total. The summed E-state index contributed by atoms with van der Waals surface area (Å²) in [6.07, 6.45) is 12.5. The van der Waals surface area contributed by atoms with Crippen molar-refractivity contribution in [3.8, 4) is 0 Å². The molecule has 16 heavy (non-hydrogen) atoms. The summed E-state index contributed by atoms with van der Waals surface area (Å²) in [6.45, 7) is 2.87. The van der Waals surface area contributed by atoms with Gasteiger partial charge in [0.1, 0.15) is 0 Å². The molecule has 94 valence electrons. The standard InChI is InChI=1S/C14H27NO/c16-12-13-8-10-15(11-9-13)14-6-4-2-1-3-5-7-14/h13-14,16H,1-12H2. The van der Waals surface area contributed by atoms with Crippen LogP contribution in [0.3, 0.4) is 0 Å². The molecule has 1 saturated carbocycles. The third-order valence-corrected chi connectivity index (χ3v) is 4.50. The highest BCUT2D eigenvalue weighted by Gasteiger charge is 2.24. The van der Waals surface area contributed by atoms with E-state index in [2.05, 4.69) is 4.90 Å². The van der Waals surface area contributed by atoms with Gasteiger partial charge in [0.2, 0.25) is 0 Å². The van der Waals surface area contributed by atoms with Gasteiger partial charge >= 0.3 is 0 Å². The highest BCUT2D eigenvalue weighted by molar-refractivity contribution is 4.79. The van der Waals surface area contributed by atoms with Gasteiger partial charge in [0, 0.05) is 12.6 Å². The third kappa shape index (κ3) is 3.46. The minimum atomic E-state index is 0.401. The van der Waals surface area contributed by atoms with E-state index in [4.69, 9.17) is 5.11 Å². The summed E-state index contributed by atoms with van der Waals surface area (Å²) >= 11 is 0. The van der Waals surface area contributed by atoms with Crippen molar-refractivity contribution in [2.45, 2.75) is 63.8 Å². The molecule has 0 aromatic carbocycles. The quantitative estimate of drug-likeness (QED) is 0.781. The van der Waals surface area contributed by atoms with Gasteiger partial charge in [-0.25, -0.2) is 0 Å². The molecule has 2 rings (SSSR count). The van der Waals surface area contributed by atoms with Crippen LogP contribution in [0.1, 0.15) is 57.8 Å².